The van der Waals surface area contributed by atoms with E-state index in [1.165, 1.54) is 183 Å². The van der Waals surface area contributed by atoms with Crippen LogP contribution in [-0.4, -0.2) is 8.07 Å². The van der Waals surface area contributed by atoms with Crippen LogP contribution in [0.1, 0.15) is 204 Å². The molecular formula is C47H83ISi. The average Bonchev–Trinajstić information content (AvgIpc) is 3.07. The minimum absolute atomic E-state index is 1.23. The predicted octanol–water partition coefficient (Wildman–Crippen LogP) is 16.1. The van der Waals surface area contributed by atoms with Gasteiger partial charge in [0.15, 0.2) is 0 Å². The zero-order valence-corrected chi connectivity index (χ0v) is 37.3. The van der Waals surface area contributed by atoms with Crippen molar-refractivity contribution >= 4 is 35.9 Å². The van der Waals surface area contributed by atoms with Crippen LogP contribution < -0.4 is 5.19 Å². The van der Waals surface area contributed by atoms with Crippen molar-refractivity contribution in [3.8, 4) is 0 Å². The summed E-state index contributed by atoms with van der Waals surface area (Å²) in [6, 6.07) is 14.9. The first-order valence-corrected chi connectivity index (χ1v) is 26.2. The van der Waals surface area contributed by atoms with Gasteiger partial charge in [0.05, 0.1) is 8.07 Å². The lowest BCUT2D eigenvalue weighted by Gasteiger charge is -2.20. The molecule has 0 saturated heterocycles. The van der Waals surface area contributed by atoms with Crippen molar-refractivity contribution in [2.75, 3.05) is 0 Å². The Balaban J connectivity index is 0.000000494. The summed E-state index contributed by atoms with van der Waals surface area (Å²) < 4.78 is 1.42. The van der Waals surface area contributed by atoms with Crippen LogP contribution in [0.25, 0.3) is 0 Å². The Labute approximate surface area is 323 Å². The number of halogens is 1. The van der Waals surface area contributed by atoms with Crippen LogP contribution in [0.3, 0.4) is 0 Å². The van der Waals surface area contributed by atoms with E-state index in [1.54, 1.807) is 27.4 Å². The van der Waals surface area contributed by atoms with Gasteiger partial charge in [-0.2, -0.15) is 0 Å². The molecule has 0 amide bonds. The molecule has 2 aromatic rings. The second-order valence-electron chi connectivity index (χ2n) is 16.3. The first-order chi connectivity index (χ1) is 23.7. The second-order valence-corrected chi connectivity index (χ2v) is 22.6. The number of hydrogen-bond acceptors (Lipinski definition) is 0. The summed E-state index contributed by atoms with van der Waals surface area (Å²) in [5.41, 5.74) is 6.35. The minimum Gasteiger partial charge on any atom is -0.0656 e. The molecule has 0 aliphatic rings. The van der Waals surface area contributed by atoms with Crippen LogP contribution in [-0.2, 0) is 25.7 Å². The largest absolute Gasteiger partial charge is 0.0776 e. The summed E-state index contributed by atoms with van der Waals surface area (Å²) >= 11 is 2.49. The Morgan fingerprint density at radius 1 is 0.347 bits per heavy atom. The third kappa shape index (κ3) is 25.9. The van der Waals surface area contributed by atoms with E-state index in [-0.39, 0.29) is 0 Å². The Morgan fingerprint density at radius 2 is 0.592 bits per heavy atom. The number of rotatable bonds is 29. The van der Waals surface area contributed by atoms with E-state index in [0.717, 1.165) is 0 Å². The average molecular weight is 803 g/mol. The summed E-state index contributed by atoms with van der Waals surface area (Å²) in [7, 11) is -1.23. The van der Waals surface area contributed by atoms with Crippen molar-refractivity contribution in [3.05, 3.63) is 62.2 Å². The molecule has 49 heavy (non-hydrogen) atoms. The molecule has 2 heteroatoms. The van der Waals surface area contributed by atoms with Crippen LogP contribution in [0.15, 0.2) is 36.4 Å². The maximum absolute atomic E-state index is 2.54. The Kier molecular flexibility index (Phi) is 29.3. The fraction of sp³-hybridized carbons (Fsp3) is 0.745. The van der Waals surface area contributed by atoms with Crippen LogP contribution >= 0.6 is 22.6 Å². The molecule has 0 spiro atoms. The van der Waals surface area contributed by atoms with E-state index in [1.807, 2.05) is 0 Å². The molecule has 0 aliphatic heterocycles. The molecular weight excluding hydrogens is 720 g/mol. The molecule has 0 fully saturated rings. The summed E-state index contributed by atoms with van der Waals surface area (Å²) in [6.07, 6.45) is 38.6. The van der Waals surface area contributed by atoms with E-state index in [0.29, 0.717) is 0 Å². The van der Waals surface area contributed by atoms with Gasteiger partial charge in [-0.15, -0.1) is 0 Å². The molecule has 0 unspecified atom stereocenters. The van der Waals surface area contributed by atoms with Gasteiger partial charge in [0, 0.05) is 3.57 Å². The first kappa shape index (κ1) is 46.4. The van der Waals surface area contributed by atoms with Gasteiger partial charge < -0.3 is 0 Å². The zero-order valence-electron chi connectivity index (χ0n) is 34.1. The quantitative estimate of drug-likeness (QED) is 0.0437. The maximum atomic E-state index is 2.54. The van der Waals surface area contributed by atoms with Crippen LogP contribution in [0, 0.1) is 3.57 Å². The highest BCUT2D eigenvalue weighted by Gasteiger charge is 2.17. The summed E-state index contributed by atoms with van der Waals surface area (Å²) in [5.74, 6) is 0. The van der Waals surface area contributed by atoms with Crippen molar-refractivity contribution in [2.24, 2.45) is 0 Å². The highest BCUT2D eigenvalue weighted by molar-refractivity contribution is 14.1. The molecule has 0 radical (unpaired) electrons. The van der Waals surface area contributed by atoms with E-state index >= 15 is 0 Å². The lowest BCUT2D eigenvalue weighted by atomic mass is 10.00. The molecule has 0 heterocycles. The van der Waals surface area contributed by atoms with Gasteiger partial charge in [-0.05, 0) is 108 Å². The van der Waals surface area contributed by atoms with Gasteiger partial charge in [-0.3, -0.25) is 0 Å². The van der Waals surface area contributed by atoms with Crippen molar-refractivity contribution in [2.45, 2.75) is 227 Å². The summed E-state index contributed by atoms with van der Waals surface area (Å²) in [4.78, 5) is 0. The monoisotopic (exact) mass is 803 g/mol. The van der Waals surface area contributed by atoms with Crippen LogP contribution in [0.4, 0.5) is 0 Å². The lowest BCUT2D eigenvalue weighted by Crippen LogP contribution is -2.38. The second kappa shape index (κ2) is 31.0. The lowest BCUT2D eigenvalue weighted by molar-refractivity contribution is 0.604. The molecule has 2 rings (SSSR count). The number of unbranched alkanes of at least 4 members (excludes halogenated alkanes) is 20. The van der Waals surface area contributed by atoms with Crippen molar-refractivity contribution in [1.82, 2.24) is 0 Å². The Hall–Kier alpha value is -0.613. The smallest absolute Gasteiger partial charge is 0.0656 e. The molecule has 0 aromatic heterocycles. The van der Waals surface area contributed by atoms with Gasteiger partial charge in [-0.25, -0.2) is 0 Å². The van der Waals surface area contributed by atoms with Crippen molar-refractivity contribution in [1.29, 1.82) is 0 Å². The third-order valence-corrected chi connectivity index (χ3v) is 12.9. The van der Waals surface area contributed by atoms with Crippen molar-refractivity contribution < 1.29 is 0 Å². The summed E-state index contributed by atoms with van der Waals surface area (Å²) in [6.45, 7) is 16.6. The van der Waals surface area contributed by atoms with E-state index < -0.39 is 8.07 Å². The summed E-state index contributed by atoms with van der Waals surface area (Å²) in [5, 5.41) is 1.67. The Morgan fingerprint density at radius 3 is 0.857 bits per heavy atom. The molecule has 0 nitrogen and oxygen atoms in total. The molecule has 2 aromatic carbocycles. The fourth-order valence-corrected chi connectivity index (χ4v) is 8.96. The highest BCUT2D eigenvalue weighted by atomic mass is 127. The van der Waals surface area contributed by atoms with Crippen LogP contribution in [0.5, 0.6) is 0 Å². The number of aryl methyl sites for hydroxylation is 4. The normalized spacial score (nSPS) is 11.5. The topological polar surface area (TPSA) is 0 Å². The van der Waals surface area contributed by atoms with Crippen LogP contribution in [0.2, 0.25) is 19.6 Å². The zero-order chi connectivity index (χ0) is 36.0. The van der Waals surface area contributed by atoms with Gasteiger partial charge in [-0.1, -0.05) is 205 Å². The molecule has 0 atom stereocenters. The fourth-order valence-electron chi connectivity index (χ4n) is 6.93. The van der Waals surface area contributed by atoms with E-state index in [4.69, 9.17) is 0 Å². The molecule has 0 N–H and O–H groups in total. The van der Waals surface area contributed by atoms with Gasteiger partial charge in [0.1, 0.15) is 0 Å². The van der Waals surface area contributed by atoms with Gasteiger partial charge in [0.25, 0.3) is 0 Å². The highest BCUT2D eigenvalue weighted by Crippen LogP contribution is 2.19. The molecule has 0 aliphatic carbocycles. The van der Waals surface area contributed by atoms with Crippen molar-refractivity contribution in [3.63, 3.8) is 0 Å². The van der Waals surface area contributed by atoms with E-state index in [2.05, 4.69) is 106 Å². The SMILES string of the molecule is CCCCCCCCc1cc(CCCCCCCC)cc([Si](C)(C)C)c1.CCCCCCCCc1cc(I)cc(CCCCCCCC)c1. The molecule has 0 saturated carbocycles. The number of benzene rings is 2. The number of hydrogen-bond donors (Lipinski definition) is 0. The third-order valence-electron chi connectivity index (χ3n) is 10.2. The molecule has 282 valence electrons. The first-order valence-electron chi connectivity index (χ1n) is 21.6. The molecule has 0 bridgehead atoms. The predicted molar refractivity (Wildman–Crippen MR) is 237 cm³/mol. The van der Waals surface area contributed by atoms with E-state index in [9.17, 15) is 0 Å². The maximum Gasteiger partial charge on any atom is 0.0776 e. The standard InChI is InChI=1S/C25H46Si.C22H37I/c1-6-8-10-12-14-16-18-23-20-24(19-17-15-13-11-9-7-2)22-25(21-23)26(3,4)5;1-3-5-7-9-11-13-15-20-17-21(19-22(23)18-20)16-14-12-10-8-6-4-2/h20-22H,6-19H2,1-5H3;17-19H,3-16H2,1-2H3. The van der Waals surface area contributed by atoms with Gasteiger partial charge in [0.2, 0.25) is 0 Å². The minimum atomic E-state index is -1.23. The van der Waals surface area contributed by atoms with Gasteiger partial charge >= 0.3 is 0 Å². The Bertz CT molecular complexity index is 966.